The second-order valence-electron chi connectivity index (χ2n) is 10.3. The summed E-state index contributed by atoms with van der Waals surface area (Å²) < 4.78 is 16.6. The zero-order valence-corrected chi connectivity index (χ0v) is 23.5. The summed E-state index contributed by atoms with van der Waals surface area (Å²) in [5.41, 5.74) is -0.614. The van der Waals surface area contributed by atoms with Crippen molar-refractivity contribution in [3.05, 3.63) is 69.5 Å². The molecule has 1 aliphatic heterocycles. The minimum Gasteiger partial charge on any atom is -0.480 e. The van der Waals surface area contributed by atoms with Crippen LogP contribution < -0.4 is 4.90 Å². The van der Waals surface area contributed by atoms with E-state index in [-0.39, 0.29) is 11.5 Å². The highest BCUT2D eigenvalue weighted by molar-refractivity contribution is 6.40. The van der Waals surface area contributed by atoms with Gasteiger partial charge in [0.05, 0.1) is 18.4 Å². The number of ether oxygens (including phenoxy) is 3. The fourth-order valence-corrected chi connectivity index (χ4v) is 4.30. The normalized spacial score (nSPS) is 19.3. The lowest BCUT2D eigenvalue weighted by Crippen LogP contribution is -2.38. The van der Waals surface area contributed by atoms with Gasteiger partial charge in [0.1, 0.15) is 11.4 Å². The molecule has 1 atom stereocenters. The Morgan fingerprint density at radius 3 is 2.43 bits per heavy atom. The van der Waals surface area contributed by atoms with Gasteiger partial charge in [0.2, 0.25) is 0 Å². The topological polar surface area (TPSA) is 82.1 Å². The predicted molar refractivity (Wildman–Crippen MR) is 144 cm³/mol. The Morgan fingerprint density at radius 1 is 1.14 bits per heavy atom. The van der Waals surface area contributed by atoms with Crippen molar-refractivity contribution in [2.24, 2.45) is 5.92 Å². The molecular formula is C28H31Cl2NO6. The number of hydrogen-bond donors (Lipinski definition) is 0. The molecule has 2 aliphatic rings. The van der Waals surface area contributed by atoms with Gasteiger partial charge in [0.25, 0.3) is 5.91 Å². The number of amides is 2. The highest BCUT2D eigenvalue weighted by Crippen LogP contribution is 2.41. The molecule has 0 N–H and O–H groups in total. The van der Waals surface area contributed by atoms with Gasteiger partial charge in [0.15, 0.2) is 5.60 Å². The van der Waals surface area contributed by atoms with E-state index in [4.69, 9.17) is 37.4 Å². The molecule has 0 radical (unpaired) electrons. The maximum absolute atomic E-state index is 13.6. The standard InChI is InChI=1S/C28H31Cl2NO6/c1-16-9-8-10-18(29)13-17(23(16)36-28(5,6)25(33)35-7)14-21-20-12-11-19(30)15-22(20)31(24(21)32)26(34)37-27(2,3)4/h8,10-16H,9H2,1-7H3. The van der Waals surface area contributed by atoms with Crippen LogP contribution in [0.15, 0.2) is 58.9 Å². The third-order valence-electron chi connectivity index (χ3n) is 5.63. The number of nitrogens with zero attached hydrogens (tertiary/aromatic N) is 1. The van der Waals surface area contributed by atoms with Crippen LogP contribution in [0.25, 0.3) is 5.57 Å². The Balaban J connectivity index is 2.23. The van der Waals surface area contributed by atoms with Gasteiger partial charge in [-0.05, 0) is 71.4 Å². The highest BCUT2D eigenvalue weighted by atomic mass is 35.5. The molecule has 3 rings (SSSR count). The zero-order chi connectivity index (χ0) is 27.7. The third kappa shape index (κ3) is 6.46. The van der Waals surface area contributed by atoms with Crippen LogP contribution in [0.2, 0.25) is 5.02 Å². The largest absolute Gasteiger partial charge is 0.480 e. The molecule has 198 valence electrons. The third-order valence-corrected chi connectivity index (χ3v) is 6.10. The number of carbonyl (C=O) groups is 3. The molecule has 0 saturated carbocycles. The summed E-state index contributed by atoms with van der Waals surface area (Å²) in [6.45, 7) is 10.3. The molecule has 1 aromatic carbocycles. The monoisotopic (exact) mass is 547 g/mol. The first-order valence-electron chi connectivity index (χ1n) is 11.8. The maximum atomic E-state index is 13.6. The van der Waals surface area contributed by atoms with E-state index in [9.17, 15) is 14.4 Å². The van der Waals surface area contributed by atoms with Crippen molar-refractivity contribution in [3.63, 3.8) is 0 Å². The SMILES string of the molecule is COC(=O)C(C)(C)OC1=C(C=C2C(=O)N(C(=O)OC(C)(C)C)c3cc(Cl)ccc32)C=C(Cl)C=CCC1C. The number of hydrogen-bond acceptors (Lipinski definition) is 6. The van der Waals surface area contributed by atoms with E-state index in [2.05, 4.69) is 0 Å². The number of carbonyl (C=O) groups excluding carboxylic acids is 3. The van der Waals surface area contributed by atoms with Gasteiger partial charge in [0, 0.05) is 27.1 Å². The van der Waals surface area contributed by atoms with Crippen LogP contribution in [0.3, 0.4) is 0 Å². The molecule has 1 aromatic rings. The van der Waals surface area contributed by atoms with Gasteiger partial charge in [-0.3, -0.25) is 4.79 Å². The lowest BCUT2D eigenvalue weighted by Gasteiger charge is -2.29. The number of imide groups is 1. The minimum absolute atomic E-state index is 0.170. The molecule has 0 spiro atoms. The van der Waals surface area contributed by atoms with Crippen molar-refractivity contribution in [2.75, 3.05) is 12.0 Å². The number of allylic oxidation sites excluding steroid dienone is 7. The molecule has 0 saturated heterocycles. The van der Waals surface area contributed by atoms with Crippen molar-refractivity contribution in [2.45, 2.75) is 59.2 Å². The van der Waals surface area contributed by atoms with E-state index >= 15 is 0 Å². The zero-order valence-electron chi connectivity index (χ0n) is 22.0. The number of benzene rings is 1. The van der Waals surface area contributed by atoms with Gasteiger partial charge in [-0.2, -0.15) is 0 Å². The summed E-state index contributed by atoms with van der Waals surface area (Å²) in [5, 5.41) is 0.763. The maximum Gasteiger partial charge on any atom is 0.422 e. The van der Waals surface area contributed by atoms with Gasteiger partial charge in [-0.1, -0.05) is 42.3 Å². The number of anilines is 1. The Hall–Kier alpha value is -3.03. The number of halogens is 2. The summed E-state index contributed by atoms with van der Waals surface area (Å²) in [4.78, 5) is 40.0. The van der Waals surface area contributed by atoms with Crippen molar-refractivity contribution in [1.29, 1.82) is 0 Å². The lowest BCUT2D eigenvalue weighted by atomic mass is 9.95. The van der Waals surface area contributed by atoms with Crippen LogP contribution in [0.1, 0.15) is 53.5 Å². The summed E-state index contributed by atoms with van der Waals surface area (Å²) in [6, 6.07) is 4.85. The molecule has 1 unspecified atom stereocenters. The fourth-order valence-electron chi connectivity index (χ4n) is 3.93. The van der Waals surface area contributed by atoms with Crippen LogP contribution >= 0.6 is 23.2 Å². The fraction of sp³-hybridized carbons (Fsp3) is 0.393. The predicted octanol–water partition coefficient (Wildman–Crippen LogP) is 6.95. The van der Waals surface area contributed by atoms with Gasteiger partial charge >= 0.3 is 12.1 Å². The number of rotatable bonds is 4. The van der Waals surface area contributed by atoms with Crippen LogP contribution in [0, 0.1) is 5.92 Å². The minimum atomic E-state index is -1.31. The highest BCUT2D eigenvalue weighted by Gasteiger charge is 2.40. The van der Waals surface area contributed by atoms with E-state index in [1.54, 1.807) is 65.0 Å². The lowest BCUT2D eigenvalue weighted by molar-refractivity contribution is -0.161. The van der Waals surface area contributed by atoms with Crippen LogP contribution in [0.5, 0.6) is 0 Å². The Kier molecular flexibility index (Phi) is 8.30. The van der Waals surface area contributed by atoms with E-state index < -0.39 is 29.2 Å². The molecule has 1 heterocycles. The average Bonchev–Trinajstić information content (AvgIpc) is 3.04. The molecule has 1 aliphatic carbocycles. The first-order chi connectivity index (χ1) is 17.1. The van der Waals surface area contributed by atoms with E-state index in [1.165, 1.54) is 13.2 Å². The average molecular weight is 548 g/mol. The molecule has 2 amide bonds. The van der Waals surface area contributed by atoms with Crippen molar-refractivity contribution < 1.29 is 28.6 Å². The summed E-state index contributed by atoms with van der Waals surface area (Å²) >= 11 is 12.6. The Morgan fingerprint density at radius 2 is 1.81 bits per heavy atom. The summed E-state index contributed by atoms with van der Waals surface area (Å²) in [7, 11) is 1.29. The van der Waals surface area contributed by atoms with Crippen LogP contribution in [0.4, 0.5) is 10.5 Å². The molecular weight excluding hydrogens is 517 g/mol. The molecule has 37 heavy (non-hydrogen) atoms. The summed E-state index contributed by atoms with van der Waals surface area (Å²) in [5.74, 6) is -0.860. The molecule has 7 nitrogen and oxygen atoms in total. The smallest absolute Gasteiger partial charge is 0.422 e. The number of fused-ring (bicyclic) bond motifs is 1. The molecule has 0 bridgehead atoms. The van der Waals surface area contributed by atoms with Crippen LogP contribution in [-0.4, -0.2) is 36.3 Å². The van der Waals surface area contributed by atoms with Gasteiger partial charge in [-0.25, -0.2) is 14.5 Å². The first-order valence-corrected chi connectivity index (χ1v) is 12.5. The molecule has 0 fully saturated rings. The Bertz CT molecular complexity index is 1250. The van der Waals surface area contributed by atoms with Crippen molar-refractivity contribution >= 4 is 52.4 Å². The van der Waals surface area contributed by atoms with Gasteiger partial charge < -0.3 is 14.2 Å². The van der Waals surface area contributed by atoms with E-state index in [0.29, 0.717) is 39.1 Å². The quantitative estimate of drug-likeness (QED) is 0.299. The van der Waals surface area contributed by atoms with Crippen molar-refractivity contribution in [3.8, 4) is 0 Å². The number of esters is 1. The van der Waals surface area contributed by atoms with Crippen LogP contribution in [-0.2, 0) is 23.8 Å². The van der Waals surface area contributed by atoms with E-state index in [1.807, 2.05) is 13.0 Å². The number of methoxy groups -OCH3 is 1. The molecule has 9 heteroatoms. The summed E-state index contributed by atoms with van der Waals surface area (Å²) in [6.07, 6.45) is 6.69. The molecule has 0 aromatic heterocycles. The van der Waals surface area contributed by atoms with Gasteiger partial charge in [-0.15, -0.1) is 0 Å². The second kappa shape index (κ2) is 10.8. The Labute approximate surface area is 227 Å². The second-order valence-corrected chi connectivity index (χ2v) is 11.2. The first kappa shape index (κ1) is 28.5. The van der Waals surface area contributed by atoms with Crippen molar-refractivity contribution in [1.82, 2.24) is 0 Å². The van der Waals surface area contributed by atoms with E-state index in [0.717, 1.165) is 4.90 Å².